The Bertz CT molecular complexity index is 532. The van der Waals surface area contributed by atoms with Crippen LogP contribution in [0.4, 0.5) is 11.4 Å². The summed E-state index contributed by atoms with van der Waals surface area (Å²) in [6, 6.07) is 1.65. The molecule has 0 radical (unpaired) electrons. The van der Waals surface area contributed by atoms with Crippen LogP contribution < -0.4 is 0 Å². The van der Waals surface area contributed by atoms with Crippen LogP contribution in [0.3, 0.4) is 0 Å². The Hall–Kier alpha value is -2.07. The number of hydrogen-bond acceptors (Lipinski definition) is 6. The van der Waals surface area contributed by atoms with E-state index in [0.717, 1.165) is 0 Å². The Morgan fingerprint density at radius 2 is 1.38 bits per heavy atom. The molecule has 1 N–H and O–H groups in total. The molecule has 0 amide bonds. The van der Waals surface area contributed by atoms with Gasteiger partial charge in [0, 0.05) is 12.1 Å². The van der Waals surface area contributed by atoms with Crippen molar-refractivity contribution in [1.82, 2.24) is 0 Å². The molecular weight excluding hydrogens is 244 g/mol. The standard InChI is InChI=1S/C6H4N2O7S/c9-7(10)4-1-5(8(11)12)3-6(2-4)16(13,14)15/h1-3H,(H,13,14,15). The van der Waals surface area contributed by atoms with Gasteiger partial charge in [0.2, 0.25) is 0 Å². The highest BCUT2D eigenvalue weighted by atomic mass is 32.2. The highest BCUT2D eigenvalue weighted by Gasteiger charge is 2.21. The Morgan fingerprint density at radius 3 is 1.62 bits per heavy atom. The van der Waals surface area contributed by atoms with Crippen molar-refractivity contribution in [3.05, 3.63) is 38.4 Å². The predicted octanol–water partition coefficient (Wildman–Crippen LogP) is 0.750. The highest BCUT2D eigenvalue weighted by molar-refractivity contribution is 7.85. The number of benzene rings is 1. The summed E-state index contributed by atoms with van der Waals surface area (Å²) in [5, 5.41) is 20.7. The summed E-state index contributed by atoms with van der Waals surface area (Å²) in [7, 11) is -4.72. The zero-order valence-electron chi connectivity index (χ0n) is 7.43. The lowest BCUT2D eigenvalue weighted by molar-refractivity contribution is -0.394. The quantitative estimate of drug-likeness (QED) is 0.472. The molecule has 0 aliphatic carbocycles. The van der Waals surface area contributed by atoms with Crippen molar-refractivity contribution in [1.29, 1.82) is 0 Å². The molecule has 0 saturated carbocycles. The van der Waals surface area contributed by atoms with Gasteiger partial charge >= 0.3 is 0 Å². The normalized spacial score (nSPS) is 11.1. The van der Waals surface area contributed by atoms with Crippen molar-refractivity contribution >= 4 is 21.5 Å². The van der Waals surface area contributed by atoms with Crippen LogP contribution in [0.5, 0.6) is 0 Å². The number of hydrogen-bond donors (Lipinski definition) is 1. The molecule has 0 bridgehead atoms. The minimum Gasteiger partial charge on any atom is -0.282 e. The van der Waals surface area contributed by atoms with Crippen molar-refractivity contribution < 1.29 is 22.8 Å². The molecule has 1 rings (SSSR count). The first kappa shape index (κ1) is 12.0. The van der Waals surface area contributed by atoms with Crippen molar-refractivity contribution in [3.8, 4) is 0 Å². The van der Waals surface area contributed by atoms with Crippen LogP contribution in [0, 0.1) is 20.2 Å². The van der Waals surface area contributed by atoms with Gasteiger partial charge in [-0.25, -0.2) is 0 Å². The molecule has 16 heavy (non-hydrogen) atoms. The van der Waals surface area contributed by atoms with E-state index in [0.29, 0.717) is 18.2 Å². The fourth-order valence-corrected chi connectivity index (χ4v) is 1.47. The number of non-ortho nitro benzene ring substituents is 2. The van der Waals surface area contributed by atoms with Gasteiger partial charge < -0.3 is 0 Å². The molecule has 9 nitrogen and oxygen atoms in total. The monoisotopic (exact) mass is 248 g/mol. The van der Waals surface area contributed by atoms with E-state index in [2.05, 4.69) is 0 Å². The van der Waals surface area contributed by atoms with Crippen LogP contribution in [-0.2, 0) is 10.1 Å². The van der Waals surface area contributed by atoms with Crippen LogP contribution in [0.25, 0.3) is 0 Å². The third-order valence-corrected chi connectivity index (χ3v) is 2.43. The fourth-order valence-electron chi connectivity index (χ4n) is 0.928. The summed E-state index contributed by atoms with van der Waals surface area (Å²) in [6.45, 7) is 0. The number of rotatable bonds is 3. The number of nitrogens with zero attached hydrogens (tertiary/aromatic N) is 2. The minimum absolute atomic E-state index is 0.530. The van der Waals surface area contributed by atoms with E-state index in [4.69, 9.17) is 4.55 Å². The van der Waals surface area contributed by atoms with Gasteiger partial charge in [-0.15, -0.1) is 0 Å². The van der Waals surface area contributed by atoms with Gasteiger partial charge in [-0.1, -0.05) is 0 Å². The molecule has 0 aliphatic heterocycles. The first-order chi connectivity index (χ1) is 7.21. The van der Waals surface area contributed by atoms with E-state index in [1.54, 1.807) is 0 Å². The molecule has 0 fully saturated rings. The Morgan fingerprint density at radius 1 is 1.00 bits per heavy atom. The van der Waals surface area contributed by atoms with E-state index >= 15 is 0 Å². The van der Waals surface area contributed by atoms with Crippen molar-refractivity contribution in [2.75, 3.05) is 0 Å². The second kappa shape index (κ2) is 3.83. The summed E-state index contributed by atoms with van der Waals surface area (Å²) in [5.41, 5.74) is -1.58. The maximum absolute atomic E-state index is 10.7. The zero-order chi connectivity index (χ0) is 12.5. The summed E-state index contributed by atoms with van der Waals surface area (Å²) in [4.78, 5) is 17.8. The van der Waals surface area contributed by atoms with Crippen LogP contribution in [-0.4, -0.2) is 22.8 Å². The molecular formula is C6H4N2O7S. The lowest BCUT2D eigenvalue weighted by Gasteiger charge is -1.97. The lowest BCUT2D eigenvalue weighted by Crippen LogP contribution is -2.01. The highest BCUT2D eigenvalue weighted by Crippen LogP contribution is 2.25. The van der Waals surface area contributed by atoms with Gasteiger partial charge in [0.1, 0.15) is 4.90 Å². The smallest absolute Gasteiger partial charge is 0.282 e. The molecule has 0 spiro atoms. The average molecular weight is 248 g/mol. The zero-order valence-corrected chi connectivity index (χ0v) is 8.25. The number of nitro benzene ring substituents is 2. The molecule has 1 aromatic carbocycles. The molecule has 0 aromatic heterocycles. The van der Waals surface area contributed by atoms with E-state index in [9.17, 15) is 28.6 Å². The average Bonchev–Trinajstić information content (AvgIpc) is 2.15. The molecule has 0 unspecified atom stereocenters. The van der Waals surface area contributed by atoms with Crippen molar-refractivity contribution in [2.45, 2.75) is 4.90 Å². The summed E-state index contributed by atoms with van der Waals surface area (Å²) in [6.07, 6.45) is 0. The van der Waals surface area contributed by atoms with E-state index in [1.807, 2.05) is 0 Å². The van der Waals surface area contributed by atoms with Crippen molar-refractivity contribution in [2.24, 2.45) is 0 Å². The van der Waals surface area contributed by atoms with Crippen molar-refractivity contribution in [3.63, 3.8) is 0 Å². The van der Waals surface area contributed by atoms with E-state index in [-0.39, 0.29) is 0 Å². The Labute approximate surface area is 88.4 Å². The Balaban J connectivity index is 3.54. The molecule has 0 saturated heterocycles. The van der Waals surface area contributed by atoms with Gasteiger partial charge in [-0.05, 0) is 0 Å². The van der Waals surface area contributed by atoms with Crippen LogP contribution in [0.15, 0.2) is 23.1 Å². The topological polar surface area (TPSA) is 141 Å². The van der Waals surface area contributed by atoms with E-state index < -0.39 is 36.2 Å². The van der Waals surface area contributed by atoms with Gasteiger partial charge in [0.05, 0.1) is 15.9 Å². The first-order valence-electron chi connectivity index (χ1n) is 3.63. The number of nitro groups is 2. The van der Waals surface area contributed by atoms with Gasteiger partial charge in [-0.3, -0.25) is 24.8 Å². The predicted molar refractivity (Wildman–Crippen MR) is 49.6 cm³/mol. The third kappa shape index (κ3) is 2.49. The Kier molecular flexibility index (Phi) is 2.87. The van der Waals surface area contributed by atoms with Crippen LogP contribution in [0.1, 0.15) is 0 Å². The molecule has 0 atom stereocenters. The summed E-state index contributed by atoms with van der Waals surface area (Å²) >= 11 is 0. The van der Waals surface area contributed by atoms with Gasteiger partial charge in [-0.2, -0.15) is 8.42 Å². The summed E-state index contributed by atoms with van der Waals surface area (Å²) < 4.78 is 30.0. The largest absolute Gasteiger partial charge is 0.295 e. The molecule has 0 heterocycles. The third-order valence-electron chi connectivity index (χ3n) is 1.60. The van der Waals surface area contributed by atoms with Gasteiger partial charge in [0.25, 0.3) is 21.5 Å². The SMILES string of the molecule is O=[N+]([O-])c1cc([N+](=O)[O-])cc(S(=O)(=O)O)c1. The van der Waals surface area contributed by atoms with E-state index in [1.165, 1.54) is 0 Å². The van der Waals surface area contributed by atoms with Crippen LogP contribution in [0.2, 0.25) is 0 Å². The minimum atomic E-state index is -4.72. The second-order valence-electron chi connectivity index (χ2n) is 2.67. The van der Waals surface area contributed by atoms with Crippen LogP contribution >= 0.6 is 0 Å². The van der Waals surface area contributed by atoms with Gasteiger partial charge in [0.15, 0.2) is 0 Å². The maximum atomic E-state index is 10.7. The maximum Gasteiger partial charge on any atom is 0.295 e. The lowest BCUT2D eigenvalue weighted by atomic mass is 10.3. The molecule has 0 aliphatic rings. The summed E-state index contributed by atoms with van der Waals surface area (Å²) in [5.74, 6) is 0. The molecule has 86 valence electrons. The molecule has 1 aromatic rings. The first-order valence-corrected chi connectivity index (χ1v) is 5.07. The second-order valence-corrected chi connectivity index (χ2v) is 4.10. The fraction of sp³-hybridized carbons (Fsp3) is 0. The molecule has 10 heteroatoms.